The van der Waals surface area contributed by atoms with Gasteiger partial charge in [-0.05, 0) is 31.5 Å². The topological polar surface area (TPSA) is 102 Å². The summed E-state index contributed by atoms with van der Waals surface area (Å²) in [4.78, 5) is 25.0. The van der Waals surface area contributed by atoms with E-state index in [-0.39, 0.29) is 38.6 Å². The summed E-state index contributed by atoms with van der Waals surface area (Å²) in [7, 11) is 0. The van der Waals surface area contributed by atoms with Crippen LogP contribution in [0.2, 0.25) is 0 Å². The van der Waals surface area contributed by atoms with Crippen LogP contribution in [-0.2, 0) is 32.2 Å². The van der Waals surface area contributed by atoms with E-state index in [0.29, 0.717) is 12.1 Å². The molecule has 23 heavy (non-hydrogen) atoms. The van der Waals surface area contributed by atoms with Gasteiger partial charge in [0.05, 0.1) is 26.3 Å². The van der Waals surface area contributed by atoms with Crippen molar-refractivity contribution in [1.29, 1.82) is 0 Å². The predicted molar refractivity (Wildman–Crippen MR) is 84.5 cm³/mol. The summed E-state index contributed by atoms with van der Waals surface area (Å²) in [6.07, 6.45) is 0. The minimum Gasteiger partial charge on any atom is -0.508 e. The van der Waals surface area contributed by atoms with E-state index in [1.807, 2.05) is 0 Å². The van der Waals surface area contributed by atoms with Crippen molar-refractivity contribution < 1.29 is 24.2 Å². The minimum atomic E-state index is -0.408. The van der Waals surface area contributed by atoms with Crippen LogP contribution in [0.4, 0.5) is 0 Å². The Morgan fingerprint density at radius 1 is 1.13 bits per heavy atom. The van der Waals surface area contributed by atoms with Crippen LogP contribution in [0.5, 0.6) is 5.75 Å². The van der Waals surface area contributed by atoms with Gasteiger partial charge in [-0.25, -0.2) is 0 Å². The zero-order valence-corrected chi connectivity index (χ0v) is 13.6. The van der Waals surface area contributed by atoms with Gasteiger partial charge >= 0.3 is 11.9 Å². The summed E-state index contributed by atoms with van der Waals surface area (Å²) in [5.74, 6) is -0.692. The Kier molecular flexibility index (Phi) is 8.07. The van der Waals surface area contributed by atoms with Crippen molar-refractivity contribution in [2.24, 2.45) is 5.73 Å². The molecule has 0 spiro atoms. The first kappa shape index (κ1) is 18.9. The number of hydrogen-bond acceptors (Lipinski definition) is 7. The predicted octanol–water partition coefficient (Wildman–Crippen LogP) is 0.779. The molecule has 7 nitrogen and oxygen atoms in total. The third-order valence-corrected chi connectivity index (χ3v) is 3.09. The summed E-state index contributed by atoms with van der Waals surface area (Å²) in [5.41, 5.74) is 7.01. The van der Waals surface area contributed by atoms with Crippen molar-refractivity contribution in [1.82, 2.24) is 4.90 Å². The van der Waals surface area contributed by atoms with Crippen LogP contribution in [-0.4, -0.2) is 48.2 Å². The molecule has 1 rings (SSSR count). The number of benzene rings is 1. The molecule has 0 atom stereocenters. The fraction of sp³-hybridized carbons (Fsp3) is 0.500. The molecular weight excluding hydrogens is 300 g/mol. The normalized spacial score (nSPS) is 10.6. The van der Waals surface area contributed by atoms with Crippen LogP contribution in [0.3, 0.4) is 0 Å². The number of hydrogen-bond donors (Lipinski definition) is 2. The van der Waals surface area contributed by atoms with E-state index in [1.165, 1.54) is 0 Å². The molecule has 7 heteroatoms. The van der Waals surface area contributed by atoms with Gasteiger partial charge in [0.25, 0.3) is 0 Å². The number of carbonyl (C=O) groups is 2. The summed E-state index contributed by atoms with van der Waals surface area (Å²) in [6, 6.07) is 5.01. The summed E-state index contributed by atoms with van der Waals surface area (Å²) >= 11 is 0. The smallest absolute Gasteiger partial charge is 0.320 e. The summed E-state index contributed by atoms with van der Waals surface area (Å²) in [5, 5.41) is 9.66. The van der Waals surface area contributed by atoms with E-state index in [1.54, 1.807) is 36.9 Å². The second kappa shape index (κ2) is 9.81. The molecule has 1 aromatic rings. The van der Waals surface area contributed by atoms with Crippen LogP contribution in [0, 0.1) is 0 Å². The number of phenols is 1. The highest BCUT2D eigenvalue weighted by molar-refractivity contribution is 5.75. The van der Waals surface area contributed by atoms with Crippen LogP contribution >= 0.6 is 0 Å². The van der Waals surface area contributed by atoms with Gasteiger partial charge in [-0.3, -0.25) is 14.5 Å². The van der Waals surface area contributed by atoms with Gasteiger partial charge in [-0.2, -0.15) is 0 Å². The quantitative estimate of drug-likeness (QED) is 0.647. The Morgan fingerprint density at radius 3 is 2.17 bits per heavy atom. The second-order valence-corrected chi connectivity index (χ2v) is 4.92. The van der Waals surface area contributed by atoms with E-state index < -0.39 is 11.9 Å². The summed E-state index contributed by atoms with van der Waals surface area (Å²) < 4.78 is 9.85. The molecule has 128 valence electrons. The lowest BCUT2D eigenvalue weighted by atomic mass is 10.1. The number of nitrogens with two attached hydrogens (primary N) is 1. The second-order valence-electron chi connectivity index (χ2n) is 4.92. The maximum absolute atomic E-state index is 11.7. The largest absolute Gasteiger partial charge is 0.508 e. The number of nitrogens with zero attached hydrogens (tertiary/aromatic N) is 1. The summed E-state index contributed by atoms with van der Waals surface area (Å²) in [6.45, 7) is 4.50. The van der Waals surface area contributed by atoms with Crippen molar-refractivity contribution >= 4 is 11.9 Å². The van der Waals surface area contributed by atoms with Crippen LogP contribution in [0.1, 0.15) is 25.0 Å². The molecule has 1 aromatic carbocycles. The van der Waals surface area contributed by atoms with Gasteiger partial charge < -0.3 is 20.3 Å². The average molecular weight is 324 g/mol. The lowest BCUT2D eigenvalue weighted by molar-refractivity contribution is -0.148. The third kappa shape index (κ3) is 6.66. The van der Waals surface area contributed by atoms with Gasteiger partial charge in [-0.15, -0.1) is 0 Å². The Morgan fingerprint density at radius 2 is 1.70 bits per heavy atom. The van der Waals surface area contributed by atoms with Gasteiger partial charge in [-0.1, -0.05) is 6.07 Å². The molecule has 0 aliphatic rings. The van der Waals surface area contributed by atoms with Crippen molar-refractivity contribution in [2.75, 3.05) is 26.3 Å². The van der Waals surface area contributed by atoms with Crippen LogP contribution in [0.25, 0.3) is 0 Å². The Labute approximate surface area is 136 Å². The third-order valence-electron chi connectivity index (χ3n) is 3.09. The standard InChI is InChI=1S/C16H24N2O5/c1-3-22-15(20)10-18(11-16(21)23-4-2)9-12-5-6-14(19)13(7-12)8-17/h5-7,19H,3-4,8-11,17H2,1-2H3. The number of aromatic hydroxyl groups is 1. The van der Waals surface area contributed by atoms with Crippen LogP contribution < -0.4 is 5.73 Å². The average Bonchev–Trinajstić information content (AvgIpc) is 2.49. The number of esters is 2. The molecule has 0 aromatic heterocycles. The molecule has 0 saturated heterocycles. The first-order valence-corrected chi connectivity index (χ1v) is 7.54. The highest BCUT2D eigenvalue weighted by atomic mass is 16.5. The molecule has 0 bridgehead atoms. The zero-order valence-electron chi connectivity index (χ0n) is 13.6. The molecule has 3 N–H and O–H groups in total. The van der Waals surface area contributed by atoms with Gasteiger partial charge in [0.1, 0.15) is 5.75 Å². The maximum Gasteiger partial charge on any atom is 0.320 e. The highest BCUT2D eigenvalue weighted by Gasteiger charge is 2.17. The first-order chi connectivity index (χ1) is 11.0. The van der Waals surface area contributed by atoms with Crippen LogP contribution in [0.15, 0.2) is 18.2 Å². The van der Waals surface area contributed by atoms with Crippen molar-refractivity contribution in [3.63, 3.8) is 0 Å². The monoisotopic (exact) mass is 324 g/mol. The number of carbonyl (C=O) groups excluding carboxylic acids is 2. The van der Waals surface area contributed by atoms with E-state index in [2.05, 4.69) is 0 Å². The van der Waals surface area contributed by atoms with Gasteiger partial charge in [0.2, 0.25) is 0 Å². The van der Waals surface area contributed by atoms with Gasteiger partial charge in [0.15, 0.2) is 0 Å². The van der Waals surface area contributed by atoms with Crippen molar-refractivity contribution in [2.45, 2.75) is 26.9 Å². The molecular formula is C16H24N2O5. The molecule has 0 fully saturated rings. The molecule has 0 radical (unpaired) electrons. The molecule has 0 amide bonds. The zero-order chi connectivity index (χ0) is 17.2. The van der Waals surface area contributed by atoms with Gasteiger partial charge in [0, 0.05) is 18.7 Å². The van der Waals surface area contributed by atoms with Crippen molar-refractivity contribution in [3.8, 4) is 5.75 Å². The number of rotatable bonds is 9. The Balaban J connectivity index is 2.81. The van der Waals surface area contributed by atoms with E-state index in [0.717, 1.165) is 5.56 Å². The Hall–Kier alpha value is -2.12. The lowest BCUT2D eigenvalue weighted by Crippen LogP contribution is -2.35. The minimum absolute atomic E-state index is 0.0223. The molecule has 0 aliphatic carbocycles. The number of ether oxygens (including phenoxy) is 2. The number of phenolic OH excluding ortho intramolecular Hbond substituents is 1. The van der Waals surface area contributed by atoms with E-state index in [4.69, 9.17) is 15.2 Å². The molecule has 0 saturated carbocycles. The SMILES string of the molecule is CCOC(=O)CN(CC(=O)OCC)Cc1ccc(O)c(CN)c1. The van der Waals surface area contributed by atoms with E-state index in [9.17, 15) is 14.7 Å². The molecule has 0 aliphatic heterocycles. The fourth-order valence-electron chi connectivity index (χ4n) is 2.11. The molecule has 0 heterocycles. The fourth-order valence-corrected chi connectivity index (χ4v) is 2.11. The Bertz CT molecular complexity index is 513. The maximum atomic E-state index is 11.7. The first-order valence-electron chi connectivity index (χ1n) is 7.54. The highest BCUT2D eigenvalue weighted by Crippen LogP contribution is 2.19. The molecule has 0 unspecified atom stereocenters. The lowest BCUT2D eigenvalue weighted by Gasteiger charge is -2.20. The van der Waals surface area contributed by atoms with E-state index >= 15 is 0 Å². The van der Waals surface area contributed by atoms with Crippen molar-refractivity contribution in [3.05, 3.63) is 29.3 Å².